The molecule has 0 saturated carbocycles. The Labute approximate surface area is 115 Å². The zero-order valence-corrected chi connectivity index (χ0v) is 11.8. The number of likely N-dealkylation sites (N-methyl/N-ethyl adjacent to an activating group) is 1. The molecule has 1 aromatic rings. The SMILES string of the molecule is Cc1ccccc1OCC(O)CN(C)C(C)CC#N. The van der Waals surface area contributed by atoms with Crippen molar-refractivity contribution >= 4 is 0 Å². The van der Waals surface area contributed by atoms with Crippen molar-refractivity contribution in [3.8, 4) is 11.8 Å². The van der Waals surface area contributed by atoms with Gasteiger partial charge in [-0.15, -0.1) is 0 Å². The summed E-state index contributed by atoms with van der Waals surface area (Å²) in [6, 6.07) is 10.0. The lowest BCUT2D eigenvalue weighted by Crippen LogP contribution is -2.38. The molecule has 1 rings (SSSR count). The molecule has 2 atom stereocenters. The van der Waals surface area contributed by atoms with Crippen LogP contribution in [0.3, 0.4) is 0 Å². The number of nitriles is 1. The number of ether oxygens (including phenoxy) is 1. The molecule has 0 aliphatic rings. The van der Waals surface area contributed by atoms with Gasteiger partial charge in [-0.2, -0.15) is 5.26 Å². The lowest BCUT2D eigenvalue weighted by molar-refractivity contribution is 0.0658. The Morgan fingerprint density at radius 1 is 1.42 bits per heavy atom. The average Bonchev–Trinajstić information content (AvgIpc) is 2.38. The number of nitrogens with zero attached hydrogens (tertiary/aromatic N) is 2. The normalized spacial score (nSPS) is 13.9. The molecular formula is C15H22N2O2. The quantitative estimate of drug-likeness (QED) is 0.816. The maximum atomic E-state index is 9.94. The van der Waals surface area contributed by atoms with Crippen LogP contribution < -0.4 is 4.74 Å². The number of hydrogen-bond acceptors (Lipinski definition) is 4. The van der Waals surface area contributed by atoms with Crippen LogP contribution in [-0.2, 0) is 0 Å². The molecule has 104 valence electrons. The van der Waals surface area contributed by atoms with E-state index in [1.807, 2.05) is 50.1 Å². The highest BCUT2D eigenvalue weighted by atomic mass is 16.5. The smallest absolute Gasteiger partial charge is 0.122 e. The Morgan fingerprint density at radius 3 is 2.74 bits per heavy atom. The van der Waals surface area contributed by atoms with Crippen molar-refractivity contribution in [2.45, 2.75) is 32.4 Å². The van der Waals surface area contributed by atoms with E-state index in [1.54, 1.807) is 0 Å². The van der Waals surface area contributed by atoms with Crippen molar-refractivity contribution in [1.82, 2.24) is 4.90 Å². The van der Waals surface area contributed by atoms with Crippen LogP contribution in [0.4, 0.5) is 0 Å². The van der Waals surface area contributed by atoms with Gasteiger partial charge in [-0.3, -0.25) is 4.90 Å². The Kier molecular flexibility index (Phi) is 6.34. The molecule has 0 aliphatic carbocycles. The summed E-state index contributed by atoms with van der Waals surface area (Å²) in [7, 11) is 1.90. The summed E-state index contributed by atoms with van der Waals surface area (Å²) in [6.45, 7) is 4.70. The van der Waals surface area contributed by atoms with Gasteiger partial charge in [0, 0.05) is 12.6 Å². The van der Waals surface area contributed by atoms with Gasteiger partial charge in [-0.25, -0.2) is 0 Å². The highest BCUT2D eigenvalue weighted by molar-refractivity contribution is 5.31. The van der Waals surface area contributed by atoms with Crippen LogP contribution >= 0.6 is 0 Å². The molecule has 19 heavy (non-hydrogen) atoms. The number of rotatable bonds is 7. The van der Waals surface area contributed by atoms with E-state index in [0.717, 1.165) is 11.3 Å². The van der Waals surface area contributed by atoms with Gasteiger partial charge < -0.3 is 9.84 Å². The zero-order chi connectivity index (χ0) is 14.3. The minimum absolute atomic E-state index is 0.137. The summed E-state index contributed by atoms with van der Waals surface area (Å²) >= 11 is 0. The molecular weight excluding hydrogens is 240 g/mol. The third-order valence-corrected chi connectivity index (χ3v) is 3.16. The number of aryl methyl sites for hydroxylation is 1. The summed E-state index contributed by atoms with van der Waals surface area (Å²) in [5.74, 6) is 0.800. The van der Waals surface area contributed by atoms with Crippen LogP contribution in [0.15, 0.2) is 24.3 Å². The van der Waals surface area contributed by atoms with Gasteiger partial charge in [0.05, 0.1) is 12.5 Å². The predicted molar refractivity (Wildman–Crippen MR) is 75.0 cm³/mol. The summed E-state index contributed by atoms with van der Waals surface area (Å²) in [6.07, 6.45) is -0.104. The highest BCUT2D eigenvalue weighted by Crippen LogP contribution is 2.16. The average molecular weight is 262 g/mol. The van der Waals surface area contributed by atoms with Crippen molar-refractivity contribution in [1.29, 1.82) is 5.26 Å². The number of hydrogen-bond donors (Lipinski definition) is 1. The van der Waals surface area contributed by atoms with E-state index in [1.165, 1.54) is 0 Å². The summed E-state index contributed by atoms with van der Waals surface area (Å²) in [4.78, 5) is 1.97. The second-order valence-corrected chi connectivity index (χ2v) is 4.88. The third kappa shape index (κ3) is 5.29. The van der Waals surface area contributed by atoms with Crippen LogP contribution in [0.2, 0.25) is 0 Å². The zero-order valence-electron chi connectivity index (χ0n) is 11.8. The maximum Gasteiger partial charge on any atom is 0.122 e. The van der Waals surface area contributed by atoms with Crippen molar-refractivity contribution in [2.75, 3.05) is 20.2 Å². The monoisotopic (exact) mass is 262 g/mol. The summed E-state index contributed by atoms with van der Waals surface area (Å²) in [5.41, 5.74) is 1.06. The molecule has 1 N–H and O–H groups in total. The van der Waals surface area contributed by atoms with Crippen LogP contribution in [-0.4, -0.2) is 42.4 Å². The molecule has 0 heterocycles. The molecule has 0 radical (unpaired) electrons. The third-order valence-electron chi connectivity index (χ3n) is 3.16. The van der Waals surface area contributed by atoms with Crippen molar-refractivity contribution in [3.05, 3.63) is 29.8 Å². The van der Waals surface area contributed by atoms with Crippen molar-refractivity contribution in [3.63, 3.8) is 0 Å². The standard InChI is InChI=1S/C15H22N2O2/c1-12-6-4-5-7-15(12)19-11-14(18)10-17(3)13(2)8-9-16/h4-7,13-14,18H,8,10-11H2,1-3H3. The molecule has 0 spiro atoms. The topological polar surface area (TPSA) is 56.5 Å². The molecule has 0 saturated heterocycles. The van der Waals surface area contributed by atoms with Crippen molar-refractivity contribution < 1.29 is 9.84 Å². The molecule has 0 fully saturated rings. The number of aliphatic hydroxyl groups is 1. The highest BCUT2D eigenvalue weighted by Gasteiger charge is 2.14. The first-order chi connectivity index (χ1) is 9.04. The minimum Gasteiger partial charge on any atom is -0.491 e. The van der Waals surface area contributed by atoms with Gasteiger partial charge in [0.25, 0.3) is 0 Å². The minimum atomic E-state index is -0.564. The molecule has 0 aromatic heterocycles. The van der Waals surface area contributed by atoms with Gasteiger partial charge in [-0.1, -0.05) is 18.2 Å². The number of benzene rings is 1. The van der Waals surface area contributed by atoms with Gasteiger partial charge >= 0.3 is 0 Å². The van der Waals surface area contributed by atoms with Gasteiger partial charge in [0.2, 0.25) is 0 Å². The fourth-order valence-corrected chi connectivity index (χ4v) is 1.76. The van der Waals surface area contributed by atoms with E-state index in [0.29, 0.717) is 13.0 Å². The summed E-state index contributed by atoms with van der Waals surface area (Å²) < 4.78 is 5.60. The van der Waals surface area contributed by atoms with E-state index in [4.69, 9.17) is 10.00 Å². The maximum absolute atomic E-state index is 9.94. The second-order valence-electron chi connectivity index (χ2n) is 4.88. The molecule has 0 bridgehead atoms. The Bertz CT molecular complexity index is 428. The van der Waals surface area contributed by atoms with Crippen molar-refractivity contribution in [2.24, 2.45) is 0 Å². The molecule has 0 aliphatic heterocycles. The van der Waals surface area contributed by atoms with E-state index >= 15 is 0 Å². The Balaban J connectivity index is 2.38. The molecule has 1 aromatic carbocycles. The van der Waals surface area contributed by atoms with Crippen LogP contribution in [0, 0.1) is 18.3 Å². The van der Waals surface area contributed by atoms with Gasteiger partial charge in [0.1, 0.15) is 18.5 Å². The first kappa shape index (κ1) is 15.5. The van der Waals surface area contributed by atoms with Crippen LogP contribution in [0.5, 0.6) is 5.75 Å². The van der Waals surface area contributed by atoms with Crippen LogP contribution in [0.25, 0.3) is 0 Å². The molecule has 0 amide bonds. The lowest BCUT2D eigenvalue weighted by atomic mass is 10.2. The number of aliphatic hydroxyl groups excluding tert-OH is 1. The van der Waals surface area contributed by atoms with E-state index in [9.17, 15) is 5.11 Å². The van der Waals surface area contributed by atoms with E-state index in [-0.39, 0.29) is 12.6 Å². The number of para-hydroxylation sites is 1. The molecule has 4 nitrogen and oxygen atoms in total. The Hall–Kier alpha value is -1.57. The van der Waals surface area contributed by atoms with E-state index < -0.39 is 6.10 Å². The molecule has 2 unspecified atom stereocenters. The second kappa shape index (κ2) is 7.78. The largest absolute Gasteiger partial charge is 0.491 e. The van der Waals surface area contributed by atoms with Crippen LogP contribution in [0.1, 0.15) is 18.9 Å². The fraction of sp³-hybridized carbons (Fsp3) is 0.533. The van der Waals surface area contributed by atoms with Gasteiger partial charge in [0.15, 0.2) is 0 Å². The van der Waals surface area contributed by atoms with E-state index in [2.05, 4.69) is 6.07 Å². The first-order valence-corrected chi connectivity index (χ1v) is 6.48. The fourth-order valence-electron chi connectivity index (χ4n) is 1.76. The Morgan fingerprint density at radius 2 is 2.11 bits per heavy atom. The first-order valence-electron chi connectivity index (χ1n) is 6.48. The van der Waals surface area contributed by atoms with Gasteiger partial charge in [-0.05, 0) is 32.5 Å². The molecule has 4 heteroatoms. The lowest BCUT2D eigenvalue weighted by Gasteiger charge is -2.25. The predicted octanol–water partition coefficient (Wildman–Crippen LogP) is 1.97. The summed E-state index contributed by atoms with van der Waals surface area (Å²) in [5, 5.41) is 18.6.